The van der Waals surface area contributed by atoms with Gasteiger partial charge in [0, 0.05) is 5.57 Å². The van der Waals surface area contributed by atoms with E-state index in [1.807, 2.05) is 0 Å². The molecule has 1 aliphatic rings. The Morgan fingerprint density at radius 2 is 1.60 bits per heavy atom. The summed E-state index contributed by atoms with van der Waals surface area (Å²) in [6, 6.07) is 0. The van der Waals surface area contributed by atoms with Gasteiger partial charge in [0.2, 0.25) is 0 Å². The Kier molecular flexibility index (Phi) is 7.02. The van der Waals surface area contributed by atoms with Crippen molar-refractivity contribution in [2.24, 2.45) is 13.5 Å². The highest BCUT2D eigenvalue weighted by atomic mass is 35.9. The summed E-state index contributed by atoms with van der Waals surface area (Å²) in [6.45, 7) is 1.62. The van der Waals surface area contributed by atoms with Crippen LogP contribution in [-0.4, -0.2) is 19.2 Å². The van der Waals surface area contributed by atoms with Crippen molar-refractivity contribution in [2.75, 3.05) is 13.2 Å². The van der Waals surface area contributed by atoms with E-state index in [0.717, 1.165) is 0 Å². The van der Waals surface area contributed by atoms with Gasteiger partial charge in [-0.05, 0) is 63.1 Å². The number of hydrogen-bond donors (Lipinski definition) is 0. The van der Waals surface area contributed by atoms with E-state index in [0.29, 0.717) is 0 Å². The topological polar surface area (TPSA) is 72.6 Å². The van der Waals surface area contributed by atoms with Crippen LogP contribution in [-0.2, 0) is 14.1 Å². The fourth-order valence-corrected chi connectivity index (χ4v) is 17.5. The third kappa shape index (κ3) is 6.60. The second-order valence-corrected chi connectivity index (χ2v) is 16.6. The van der Waals surface area contributed by atoms with E-state index in [2.05, 4.69) is 20.1 Å². The van der Waals surface area contributed by atoms with Crippen molar-refractivity contribution in [1.82, 2.24) is 0 Å². The fourth-order valence-electron chi connectivity index (χ4n) is 0.911. The third-order valence-corrected chi connectivity index (χ3v) is 13.7. The van der Waals surface area contributed by atoms with Crippen LogP contribution in [0.1, 0.15) is 6.92 Å². The zero-order chi connectivity index (χ0) is 15.6. The lowest BCUT2D eigenvalue weighted by Gasteiger charge is -2.21. The highest BCUT2D eigenvalue weighted by Gasteiger charge is 2.33. The first-order chi connectivity index (χ1) is 8.95. The molecule has 0 aromatic heterocycles. The predicted molar refractivity (Wildman–Crippen MR) is 89.0 cm³/mol. The molecule has 116 valence electrons. The molecular formula is C6H9Cl5N3O3P3. The van der Waals surface area contributed by atoms with E-state index in [4.69, 9.17) is 65.5 Å². The first kappa shape index (κ1) is 19.4. The van der Waals surface area contributed by atoms with Crippen molar-refractivity contribution >= 4 is 80.8 Å². The predicted octanol–water partition coefficient (Wildman–Crippen LogP) is 7.17. The standard InChI is InChI=1S/C6H9Cl5N3O3P3/c1-5(2)6(15)16-3-4-17-20(11)13-18(7,8)12-19(9,10)14-20/h1,3-4H2,2H3. The zero-order valence-electron chi connectivity index (χ0n) is 9.92. The molecule has 0 bridgehead atoms. The lowest BCUT2D eigenvalue weighted by atomic mass is 10.4. The molecule has 0 aromatic rings. The van der Waals surface area contributed by atoms with Crippen molar-refractivity contribution in [2.45, 2.75) is 6.92 Å². The Balaban J connectivity index is 2.71. The summed E-state index contributed by atoms with van der Waals surface area (Å²) in [7, 11) is 0. The number of hydrogen-bond acceptors (Lipinski definition) is 6. The van der Waals surface area contributed by atoms with Crippen LogP contribution in [0.3, 0.4) is 0 Å². The van der Waals surface area contributed by atoms with Crippen LogP contribution in [0, 0.1) is 0 Å². The van der Waals surface area contributed by atoms with Crippen LogP contribution in [0.25, 0.3) is 0 Å². The molecule has 0 fully saturated rings. The lowest BCUT2D eigenvalue weighted by Crippen LogP contribution is -2.09. The number of halogens is 5. The highest BCUT2D eigenvalue weighted by molar-refractivity contribution is 8.22. The summed E-state index contributed by atoms with van der Waals surface area (Å²) in [4.78, 5) is 11.1. The minimum Gasteiger partial charge on any atom is -0.460 e. The Hall–Kier alpha value is 1.31. The van der Waals surface area contributed by atoms with Gasteiger partial charge in [-0.2, -0.15) is 13.5 Å². The van der Waals surface area contributed by atoms with Gasteiger partial charge in [0.25, 0.3) is 18.6 Å². The van der Waals surface area contributed by atoms with Crippen LogP contribution in [0.15, 0.2) is 25.7 Å². The first-order valence-electron chi connectivity index (χ1n) is 4.82. The molecule has 1 rings (SSSR count). The largest absolute Gasteiger partial charge is 0.460 e. The summed E-state index contributed by atoms with van der Waals surface area (Å²) in [6.07, 6.45) is 0. The molecule has 0 spiro atoms. The summed E-state index contributed by atoms with van der Waals surface area (Å²) < 4.78 is 21.5. The number of carbonyl (C=O) groups excluding carboxylic acids is 1. The molecule has 0 aromatic carbocycles. The van der Waals surface area contributed by atoms with E-state index in [-0.39, 0.29) is 18.8 Å². The molecule has 1 atom stereocenters. The molecular weight excluding hydrogens is 432 g/mol. The molecule has 20 heavy (non-hydrogen) atoms. The molecule has 0 saturated heterocycles. The monoisotopic (exact) mass is 439 g/mol. The number of esters is 1. The van der Waals surface area contributed by atoms with Gasteiger partial charge in [0.1, 0.15) is 6.61 Å². The van der Waals surface area contributed by atoms with Crippen molar-refractivity contribution < 1.29 is 14.1 Å². The van der Waals surface area contributed by atoms with Crippen LogP contribution in [0.5, 0.6) is 0 Å². The molecule has 14 heteroatoms. The third-order valence-electron chi connectivity index (χ3n) is 1.57. The van der Waals surface area contributed by atoms with Crippen LogP contribution >= 0.6 is 74.8 Å². The van der Waals surface area contributed by atoms with E-state index in [9.17, 15) is 4.79 Å². The fraction of sp³-hybridized carbons (Fsp3) is 0.500. The minimum absolute atomic E-state index is 0.0611. The Morgan fingerprint density at radius 1 is 1.05 bits per heavy atom. The average molecular weight is 441 g/mol. The Labute approximate surface area is 140 Å². The van der Waals surface area contributed by atoms with E-state index >= 15 is 0 Å². The van der Waals surface area contributed by atoms with Gasteiger partial charge in [-0.3, -0.25) is 0 Å². The molecule has 0 N–H and O–H groups in total. The molecule has 0 aliphatic carbocycles. The molecule has 1 heterocycles. The number of carbonyl (C=O) groups is 1. The molecule has 0 radical (unpaired) electrons. The number of ether oxygens (including phenoxy) is 1. The summed E-state index contributed by atoms with van der Waals surface area (Å²) in [5.41, 5.74) is 0.268. The van der Waals surface area contributed by atoms with E-state index in [1.54, 1.807) is 0 Å². The highest BCUT2D eigenvalue weighted by Crippen LogP contribution is 2.86. The van der Waals surface area contributed by atoms with Crippen LogP contribution in [0.2, 0.25) is 0 Å². The first-order valence-corrected chi connectivity index (χ1v) is 14.3. The molecule has 1 aliphatic heterocycles. The maximum atomic E-state index is 11.1. The summed E-state index contributed by atoms with van der Waals surface area (Å²) in [5, 5.41) is 0. The number of rotatable bonds is 5. The van der Waals surface area contributed by atoms with Gasteiger partial charge in [0.15, 0.2) is 0 Å². The molecule has 6 nitrogen and oxygen atoms in total. The molecule has 0 amide bonds. The van der Waals surface area contributed by atoms with Gasteiger partial charge >= 0.3 is 5.97 Å². The SMILES string of the molecule is C=C(C)C(=O)OCCOP1(Cl)=NP(Cl)(Cl)=NP(Cl)(Cl)=N1. The maximum absolute atomic E-state index is 11.1. The maximum Gasteiger partial charge on any atom is 0.333 e. The van der Waals surface area contributed by atoms with Crippen molar-refractivity contribution in [3.8, 4) is 0 Å². The Morgan fingerprint density at radius 3 is 2.10 bits per heavy atom. The second-order valence-electron chi connectivity index (χ2n) is 3.40. The normalized spacial score (nSPS) is 26.7. The van der Waals surface area contributed by atoms with Gasteiger partial charge in [-0.1, -0.05) is 6.58 Å². The van der Waals surface area contributed by atoms with Crippen molar-refractivity contribution in [3.63, 3.8) is 0 Å². The smallest absolute Gasteiger partial charge is 0.333 e. The second kappa shape index (κ2) is 7.25. The van der Waals surface area contributed by atoms with E-state index < -0.39 is 24.6 Å². The van der Waals surface area contributed by atoms with E-state index in [1.165, 1.54) is 6.92 Å². The van der Waals surface area contributed by atoms with Gasteiger partial charge in [-0.15, -0.1) is 0 Å². The van der Waals surface area contributed by atoms with Gasteiger partial charge < -0.3 is 9.26 Å². The summed E-state index contributed by atoms with van der Waals surface area (Å²) >= 11 is 29.5. The molecule has 0 saturated carbocycles. The molecule has 1 unspecified atom stereocenters. The minimum atomic E-state index is -3.20. The number of nitrogens with zero attached hydrogens (tertiary/aromatic N) is 3. The van der Waals surface area contributed by atoms with Crippen molar-refractivity contribution in [1.29, 1.82) is 0 Å². The average Bonchev–Trinajstić information content (AvgIpc) is 2.18. The van der Waals surface area contributed by atoms with Gasteiger partial charge in [0.05, 0.1) is 6.61 Å². The van der Waals surface area contributed by atoms with Gasteiger partial charge in [-0.25, -0.2) is 4.79 Å². The van der Waals surface area contributed by atoms with Crippen LogP contribution < -0.4 is 0 Å². The quantitative estimate of drug-likeness (QED) is 0.197. The Bertz CT molecular complexity index is 586. The zero-order valence-corrected chi connectivity index (χ0v) is 16.4. The lowest BCUT2D eigenvalue weighted by molar-refractivity contribution is -0.139. The van der Waals surface area contributed by atoms with Crippen molar-refractivity contribution in [3.05, 3.63) is 12.2 Å². The summed E-state index contributed by atoms with van der Waals surface area (Å²) in [5.74, 6) is -6.76. The van der Waals surface area contributed by atoms with Crippen LogP contribution in [0.4, 0.5) is 0 Å².